The Hall–Kier alpha value is -0.850. The maximum atomic E-state index is 4.50. The van der Waals surface area contributed by atoms with Gasteiger partial charge in [-0.05, 0) is 24.0 Å². The van der Waals surface area contributed by atoms with E-state index in [1.165, 1.54) is 11.3 Å². The Morgan fingerprint density at radius 3 is 2.21 bits per heavy atom. The van der Waals surface area contributed by atoms with E-state index in [1.54, 1.807) is 0 Å². The van der Waals surface area contributed by atoms with Crippen LogP contribution in [0.25, 0.3) is 0 Å². The fraction of sp³-hybridized carbons (Fsp3) is 0.615. The van der Waals surface area contributed by atoms with Gasteiger partial charge in [0, 0.05) is 17.3 Å². The SMILES string of the molecule is CC(C)Cc1ccc(C(C)(C)C)nc1. The molecule has 0 aliphatic heterocycles. The minimum absolute atomic E-state index is 0.163. The van der Waals surface area contributed by atoms with Crippen LogP contribution in [0.1, 0.15) is 45.9 Å². The van der Waals surface area contributed by atoms with Gasteiger partial charge in [0.25, 0.3) is 0 Å². The lowest BCUT2D eigenvalue weighted by Crippen LogP contribution is -2.13. The van der Waals surface area contributed by atoms with E-state index in [4.69, 9.17) is 0 Å². The standard InChI is InChI=1S/C13H21N/c1-10(2)8-11-6-7-12(14-9-11)13(3,4)5/h6-7,9-10H,8H2,1-5H3. The molecule has 0 bridgehead atoms. The molecule has 1 rings (SSSR count). The molecule has 1 nitrogen and oxygen atoms in total. The van der Waals surface area contributed by atoms with Crippen LogP contribution in [0.15, 0.2) is 18.3 Å². The van der Waals surface area contributed by atoms with E-state index in [0.717, 1.165) is 6.42 Å². The van der Waals surface area contributed by atoms with Crippen molar-refractivity contribution in [2.24, 2.45) is 5.92 Å². The van der Waals surface area contributed by atoms with Gasteiger partial charge in [-0.3, -0.25) is 4.98 Å². The quantitative estimate of drug-likeness (QED) is 0.696. The maximum absolute atomic E-state index is 4.50. The first kappa shape index (κ1) is 11.2. The van der Waals surface area contributed by atoms with Gasteiger partial charge in [0.1, 0.15) is 0 Å². The Balaban J connectivity index is 2.79. The Kier molecular flexibility index (Phi) is 3.30. The molecule has 14 heavy (non-hydrogen) atoms. The predicted octanol–water partition coefficient (Wildman–Crippen LogP) is 3.58. The average Bonchev–Trinajstić information content (AvgIpc) is 2.02. The molecule has 1 aromatic heterocycles. The van der Waals surface area contributed by atoms with Gasteiger partial charge in [0.15, 0.2) is 0 Å². The molecule has 1 heteroatoms. The third-order valence-electron chi connectivity index (χ3n) is 2.24. The van der Waals surface area contributed by atoms with E-state index >= 15 is 0 Å². The zero-order chi connectivity index (χ0) is 10.8. The Morgan fingerprint density at radius 1 is 1.21 bits per heavy atom. The molecule has 1 aromatic rings. The van der Waals surface area contributed by atoms with Gasteiger partial charge in [-0.1, -0.05) is 40.7 Å². The number of hydrogen-bond acceptors (Lipinski definition) is 1. The Bertz CT molecular complexity index is 277. The van der Waals surface area contributed by atoms with Crippen molar-refractivity contribution in [1.29, 1.82) is 0 Å². The molecule has 0 radical (unpaired) electrons. The third kappa shape index (κ3) is 3.13. The van der Waals surface area contributed by atoms with E-state index in [-0.39, 0.29) is 5.41 Å². The van der Waals surface area contributed by atoms with Crippen molar-refractivity contribution in [1.82, 2.24) is 4.98 Å². The predicted molar refractivity (Wildman–Crippen MR) is 61.5 cm³/mol. The smallest absolute Gasteiger partial charge is 0.0457 e. The van der Waals surface area contributed by atoms with E-state index < -0.39 is 0 Å². The second-order valence-electron chi connectivity index (χ2n) is 5.40. The summed E-state index contributed by atoms with van der Waals surface area (Å²) in [5.74, 6) is 0.706. The molecule has 0 unspecified atom stereocenters. The first-order valence-electron chi connectivity index (χ1n) is 5.35. The van der Waals surface area contributed by atoms with Crippen LogP contribution in [-0.4, -0.2) is 4.98 Å². The molecule has 0 aliphatic rings. The fourth-order valence-electron chi connectivity index (χ4n) is 1.46. The van der Waals surface area contributed by atoms with Gasteiger partial charge in [-0.15, -0.1) is 0 Å². The Morgan fingerprint density at radius 2 is 1.86 bits per heavy atom. The number of hydrogen-bond donors (Lipinski definition) is 0. The summed E-state index contributed by atoms with van der Waals surface area (Å²) in [5.41, 5.74) is 2.68. The summed E-state index contributed by atoms with van der Waals surface area (Å²) in [4.78, 5) is 4.50. The number of rotatable bonds is 2. The van der Waals surface area contributed by atoms with Crippen molar-refractivity contribution in [3.8, 4) is 0 Å². The molecule has 0 fully saturated rings. The third-order valence-corrected chi connectivity index (χ3v) is 2.24. The molecule has 0 aromatic carbocycles. The first-order chi connectivity index (χ1) is 6.39. The largest absolute Gasteiger partial charge is 0.260 e. The van der Waals surface area contributed by atoms with Gasteiger partial charge in [0.05, 0.1) is 0 Å². The molecule has 0 spiro atoms. The summed E-state index contributed by atoms with van der Waals surface area (Å²) in [7, 11) is 0. The summed E-state index contributed by atoms with van der Waals surface area (Å²) in [6.07, 6.45) is 3.14. The highest BCUT2D eigenvalue weighted by molar-refractivity contribution is 5.19. The van der Waals surface area contributed by atoms with Gasteiger partial charge in [-0.25, -0.2) is 0 Å². The molecule has 0 amide bonds. The van der Waals surface area contributed by atoms with Crippen LogP contribution in [0.5, 0.6) is 0 Å². The molecule has 0 saturated heterocycles. The van der Waals surface area contributed by atoms with Crippen molar-refractivity contribution >= 4 is 0 Å². The van der Waals surface area contributed by atoms with Crippen LogP contribution in [0.4, 0.5) is 0 Å². The lowest BCUT2D eigenvalue weighted by molar-refractivity contribution is 0.566. The van der Waals surface area contributed by atoms with Crippen LogP contribution in [0.2, 0.25) is 0 Å². The van der Waals surface area contributed by atoms with Crippen LogP contribution in [0, 0.1) is 5.92 Å². The highest BCUT2D eigenvalue weighted by Gasteiger charge is 2.14. The zero-order valence-corrected chi connectivity index (χ0v) is 9.96. The number of pyridine rings is 1. The summed E-state index contributed by atoms with van der Waals surface area (Å²) in [6, 6.07) is 4.35. The van der Waals surface area contributed by atoms with E-state index in [9.17, 15) is 0 Å². The second kappa shape index (κ2) is 4.12. The molecule has 0 saturated carbocycles. The van der Waals surface area contributed by atoms with Crippen LogP contribution >= 0.6 is 0 Å². The molecule has 78 valence electrons. The molecule has 0 atom stereocenters. The summed E-state index contributed by atoms with van der Waals surface area (Å²) >= 11 is 0. The van der Waals surface area contributed by atoms with Gasteiger partial charge >= 0.3 is 0 Å². The van der Waals surface area contributed by atoms with Gasteiger partial charge in [0.2, 0.25) is 0 Å². The lowest BCUT2D eigenvalue weighted by Gasteiger charge is -2.17. The first-order valence-corrected chi connectivity index (χ1v) is 5.35. The highest BCUT2D eigenvalue weighted by atomic mass is 14.7. The summed E-state index contributed by atoms with van der Waals surface area (Å²) in [5, 5.41) is 0. The highest BCUT2D eigenvalue weighted by Crippen LogP contribution is 2.20. The molecule has 0 aliphatic carbocycles. The lowest BCUT2D eigenvalue weighted by atomic mass is 9.91. The van der Waals surface area contributed by atoms with E-state index in [0.29, 0.717) is 5.92 Å². The van der Waals surface area contributed by atoms with Crippen molar-refractivity contribution in [3.05, 3.63) is 29.6 Å². The molecule has 1 heterocycles. The zero-order valence-electron chi connectivity index (χ0n) is 9.96. The minimum atomic E-state index is 0.163. The number of aromatic nitrogens is 1. The fourth-order valence-corrected chi connectivity index (χ4v) is 1.46. The van der Waals surface area contributed by atoms with E-state index in [2.05, 4.69) is 51.7 Å². The second-order valence-corrected chi connectivity index (χ2v) is 5.40. The van der Waals surface area contributed by atoms with Crippen molar-refractivity contribution in [2.45, 2.75) is 46.5 Å². The minimum Gasteiger partial charge on any atom is -0.260 e. The van der Waals surface area contributed by atoms with Crippen LogP contribution in [0.3, 0.4) is 0 Å². The van der Waals surface area contributed by atoms with Crippen LogP contribution in [-0.2, 0) is 11.8 Å². The van der Waals surface area contributed by atoms with E-state index in [1.807, 2.05) is 6.20 Å². The number of nitrogens with zero attached hydrogens (tertiary/aromatic N) is 1. The van der Waals surface area contributed by atoms with Crippen LogP contribution < -0.4 is 0 Å². The van der Waals surface area contributed by atoms with Gasteiger partial charge in [-0.2, -0.15) is 0 Å². The molecular formula is C13H21N. The van der Waals surface area contributed by atoms with Gasteiger partial charge < -0.3 is 0 Å². The summed E-state index contributed by atoms with van der Waals surface area (Å²) in [6.45, 7) is 11.0. The van der Waals surface area contributed by atoms with Crippen molar-refractivity contribution in [3.63, 3.8) is 0 Å². The maximum Gasteiger partial charge on any atom is 0.0457 e. The normalized spacial score (nSPS) is 12.1. The monoisotopic (exact) mass is 191 g/mol. The van der Waals surface area contributed by atoms with Crippen molar-refractivity contribution < 1.29 is 0 Å². The average molecular weight is 191 g/mol. The summed E-state index contributed by atoms with van der Waals surface area (Å²) < 4.78 is 0. The Labute approximate surface area is 87.6 Å². The molecule has 0 N–H and O–H groups in total. The molecular weight excluding hydrogens is 170 g/mol. The van der Waals surface area contributed by atoms with Crippen molar-refractivity contribution in [2.75, 3.05) is 0 Å². The topological polar surface area (TPSA) is 12.9 Å².